The number of hydrogen-bond donors (Lipinski definition) is 1. The first-order chi connectivity index (χ1) is 8.78. The fraction of sp³-hybridized carbons (Fsp3) is 0.600. The molecule has 2 saturated heterocycles. The molecule has 2 aliphatic rings. The molecule has 2 unspecified atom stereocenters. The molecule has 0 saturated carbocycles. The highest BCUT2D eigenvalue weighted by Crippen LogP contribution is 2.41. The van der Waals surface area contributed by atoms with Crippen LogP contribution >= 0.6 is 15.9 Å². The monoisotopic (exact) mass is 308 g/mol. The molecule has 0 radical (unpaired) electrons. The van der Waals surface area contributed by atoms with Gasteiger partial charge in [0.15, 0.2) is 0 Å². The van der Waals surface area contributed by atoms with Crippen LogP contribution in [0.2, 0.25) is 0 Å². The number of nitrogens with zero attached hydrogens (tertiary/aromatic N) is 1. The average molecular weight is 309 g/mol. The molecule has 3 rings (SSSR count). The molecule has 0 spiro atoms. The van der Waals surface area contributed by atoms with Crippen LogP contribution in [0.3, 0.4) is 0 Å². The minimum atomic E-state index is 0.761. The van der Waals surface area contributed by atoms with Crippen molar-refractivity contribution in [1.82, 2.24) is 5.32 Å². The number of piperidine rings is 1. The molecular formula is C15H21BrN2. The molecule has 18 heavy (non-hydrogen) atoms. The van der Waals surface area contributed by atoms with E-state index in [0.717, 1.165) is 18.0 Å². The van der Waals surface area contributed by atoms with Gasteiger partial charge >= 0.3 is 0 Å². The van der Waals surface area contributed by atoms with Gasteiger partial charge in [0.05, 0.1) is 0 Å². The molecule has 0 amide bonds. The number of benzene rings is 1. The van der Waals surface area contributed by atoms with E-state index >= 15 is 0 Å². The zero-order valence-corrected chi connectivity index (χ0v) is 12.5. The molecule has 1 N–H and O–H groups in total. The molecule has 2 nitrogen and oxygen atoms in total. The maximum Gasteiger partial charge on any atom is 0.0382 e. The van der Waals surface area contributed by atoms with E-state index in [1.165, 1.54) is 42.4 Å². The van der Waals surface area contributed by atoms with E-state index in [9.17, 15) is 0 Å². The Morgan fingerprint density at radius 1 is 1.28 bits per heavy atom. The first kappa shape index (κ1) is 12.5. The maximum atomic E-state index is 3.59. The third-order valence-corrected chi connectivity index (χ3v) is 4.92. The SMILES string of the molecule is CNCC1CC2CCC(C1)N2c1cccc(Br)c1. The quantitative estimate of drug-likeness (QED) is 0.920. The number of fused-ring (bicyclic) bond motifs is 2. The molecule has 1 aromatic carbocycles. The van der Waals surface area contributed by atoms with Crippen molar-refractivity contribution in [3.63, 3.8) is 0 Å². The summed E-state index contributed by atoms with van der Waals surface area (Å²) in [7, 11) is 2.07. The van der Waals surface area contributed by atoms with Gasteiger partial charge in [0.2, 0.25) is 0 Å². The molecule has 2 aliphatic heterocycles. The van der Waals surface area contributed by atoms with E-state index in [0.29, 0.717) is 0 Å². The minimum absolute atomic E-state index is 0.761. The second-order valence-electron chi connectivity index (χ2n) is 5.67. The largest absolute Gasteiger partial charge is 0.366 e. The Morgan fingerprint density at radius 2 is 2.00 bits per heavy atom. The van der Waals surface area contributed by atoms with Crippen LogP contribution in [0.1, 0.15) is 25.7 Å². The van der Waals surface area contributed by atoms with Gasteiger partial charge in [0.25, 0.3) is 0 Å². The first-order valence-corrected chi connectivity index (χ1v) is 7.75. The normalized spacial score (nSPS) is 30.8. The van der Waals surface area contributed by atoms with Gasteiger partial charge in [0.1, 0.15) is 0 Å². The molecule has 2 heterocycles. The third-order valence-electron chi connectivity index (χ3n) is 4.43. The number of anilines is 1. The maximum absolute atomic E-state index is 3.59. The fourth-order valence-electron chi connectivity index (χ4n) is 3.80. The fourth-order valence-corrected chi connectivity index (χ4v) is 4.19. The molecular weight excluding hydrogens is 288 g/mol. The lowest BCUT2D eigenvalue weighted by atomic mass is 9.90. The Kier molecular flexibility index (Phi) is 3.62. The summed E-state index contributed by atoms with van der Waals surface area (Å²) >= 11 is 3.59. The molecule has 2 atom stereocenters. The predicted molar refractivity (Wildman–Crippen MR) is 80.1 cm³/mol. The summed E-state index contributed by atoms with van der Waals surface area (Å²) < 4.78 is 1.19. The highest BCUT2D eigenvalue weighted by Gasteiger charge is 2.40. The lowest BCUT2D eigenvalue weighted by molar-refractivity contribution is 0.333. The van der Waals surface area contributed by atoms with Crippen LogP contribution in [0.25, 0.3) is 0 Å². The smallest absolute Gasteiger partial charge is 0.0382 e. The van der Waals surface area contributed by atoms with E-state index in [1.54, 1.807) is 0 Å². The molecule has 2 fully saturated rings. The molecule has 1 aromatic rings. The Bertz CT molecular complexity index is 407. The summed E-state index contributed by atoms with van der Waals surface area (Å²) in [5.74, 6) is 0.871. The van der Waals surface area contributed by atoms with Crippen molar-refractivity contribution in [2.75, 3.05) is 18.5 Å². The van der Waals surface area contributed by atoms with E-state index < -0.39 is 0 Å². The Balaban J connectivity index is 1.79. The van der Waals surface area contributed by atoms with E-state index in [1.807, 2.05) is 0 Å². The zero-order chi connectivity index (χ0) is 12.5. The zero-order valence-electron chi connectivity index (χ0n) is 10.9. The summed E-state index contributed by atoms with van der Waals surface area (Å²) in [5, 5.41) is 3.34. The van der Waals surface area contributed by atoms with Crippen molar-refractivity contribution < 1.29 is 0 Å². The molecule has 0 aromatic heterocycles. The van der Waals surface area contributed by atoms with Gasteiger partial charge in [-0.1, -0.05) is 22.0 Å². The summed E-state index contributed by atoms with van der Waals surface area (Å²) in [6.45, 7) is 1.18. The summed E-state index contributed by atoms with van der Waals surface area (Å²) in [6.07, 6.45) is 5.45. The van der Waals surface area contributed by atoms with Crippen molar-refractivity contribution in [3.8, 4) is 0 Å². The van der Waals surface area contributed by atoms with Crippen LogP contribution in [-0.2, 0) is 0 Å². The predicted octanol–water partition coefficient (Wildman–Crippen LogP) is 3.42. The minimum Gasteiger partial charge on any atom is -0.366 e. The Labute approximate surface area is 118 Å². The van der Waals surface area contributed by atoms with Crippen molar-refractivity contribution in [1.29, 1.82) is 0 Å². The number of rotatable bonds is 3. The van der Waals surface area contributed by atoms with Crippen LogP contribution in [0.4, 0.5) is 5.69 Å². The molecule has 3 heteroatoms. The van der Waals surface area contributed by atoms with Crippen molar-refractivity contribution in [3.05, 3.63) is 28.7 Å². The lowest BCUT2D eigenvalue weighted by Crippen LogP contribution is -2.44. The Morgan fingerprint density at radius 3 is 2.61 bits per heavy atom. The van der Waals surface area contributed by atoms with E-state index in [2.05, 4.69) is 57.5 Å². The van der Waals surface area contributed by atoms with Gasteiger partial charge in [-0.2, -0.15) is 0 Å². The first-order valence-electron chi connectivity index (χ1n) is 6.96. The second-order valence-corrected chi connectivity index (χ2v) is 6.58. The lowest BCUT2D eigenvalue weighted by Gasteiger charge is -2.40. The van der Waals surface area contributed by atoms with Crippen LogP contribution < -0.4 is 10.2 Å². The van der Waals surface area contributed by atoms with Gasteiger partial charge in [-0.15, -0.1) is 0 Å². The highest BCUT2D eigenvalue weighted by molar-refractivity contribution is 9.10. The van der Waals surface area contributed by atoms with Gasteiger partial charge in [-0.25, -0.2) is 0 Å². The molecule has 0 aliphatic carbocycles. The standard InChI is InChI=1S/C15H21BrN2/c1-17-10-11-7-14-5-6-15(8-11)18(14)13-4-2-3-12(16)9-13/h2-4,9,11,14-15,17H,5-8,10H2,1H3. The van der Waals surface area contributed by atoms with Crippen molar-refractivity contribution >= 4 is 21.6 Å². The third kappa shape index (κ3) is 2.30. The van der Waals surface area contributed by atoms with Gasteiger partial charge in [0, 0.05) is 22.2 Å². The topological polar surface area (TPSA) is 15.3 Å². The van der Waals surface area contributed by atoms with E-state index in [-0.39, 0.29) is 0 Å². The van der Waals surface area contributed by atoms with Crippen LogP contribution in [-0.4, -0.2) is 25.7 Å². The van der Waals surface area contributed by atoms with Gasteiger partial charge in [-0.3, -0.25) is 0 Å². The number of hydrogen-bond acceptors (Lipinski definition) is 2. The van der Waals surface area contributed by atoms with Gasteiger partial charge in [-0.05, 0) is 63.4 Å². The van der Waals surface area contributed by atoms with Crippen molar-refractivity contribution in [2.45, 2.75) is 37.8 Å². The number of halogens is 1. The van der Waals surface area contributed by atoms with Crippen LogP contribution in [0.15, 0.2) is 28.7 Å². The summed E-state index contributed by atoms with van der Waals surface area (Å²) in [4.78, 5) is 2.68. The second kappa shape index (κ2) is 5.22. The Hall–Kier alpha value is -0.540. The highest BCUT2D eigenvalue weighted by atomic mass is 79.9. The summed E-state index contributed by atoms with van der Waals surface area (Å²) in [5.41, 5.74) is 1.40. The van der Waals surface area contributed by atoms with Crippen molar-refractivity contribution in [2.24, 2.45) is 5.92 Å². The van der Waals surface area contributed by atoms with E-state index in [4.69, 9.17) is 0 Å². The molecule has 98 valence electrons. The number of nitrogens with one attached hydrogen (secondary N) is 1. The average Bonchev–Trinajstić information content (AvgIpc) is 2.62. The van der Waals surface area contributed by atoms with Gasteiger partial charge < -0.3 is 10.2 Å². The van der Waals surface area contributed by atoms with Crippen LogP contribution in [0, 0.1) is 5.92 Å². The summed E-state index contributed by atoms with van der Waals surface area (Å²) in [6, 6.07) is 10.3. The molecule has 2 bridgehead atoms. The van der Waals surface area contributed by atoms with Crippen LogP contribution in [0.5, 0.6) is 0 Å².